The highest BCUT2D eigenvalue weighted by Crippen LogP contribution is 2.21. The number of carbonyl (C=O) groups is 4. The van der Waals surface area contributed by atoms with E-state index in [4.69, 9.17) is 9.47 Å². The molecular formula is C46H46N6O8. The number of ether oxygens (including phenoxy) is 2. The standard InChI is InChI=1S/C46H46N6O8/c1-49(33-19-23-35(59-3)24-20-33)45(57)39(27-31-13-7-5-8-14-31)47-41(53)29-51-43(55)37-17-11-12-18-38(37)44(56)52(51)30-42(54)48-40(28-32-15-9-6-10-16-32)46(58)50(2)34-21-25-36(60-4)26-22-34/h5-26,39-40H,27-30H2,1-4H3,(H,47,53)(H,48,54)/t39-,40?/m0/s1. The average molecular weight is 811 g/mol. The Bertz CT molecular complexity index is 2400. The quantitative estimate of drug-likeness (QED) is 0.149. The first-order valence-corrected chi connectivity index (χ1v) is 19.2. The van der Waals surface area contributed by atoms with Gasteiger partial charge < -0.3 is 29.9 Å². The molecule has 4 amide bonds. The first-order valence-electron chi connectivity index (χ1n) is 19.2. The predicted octanol–water partition coefficient (Wildman–Crippen LogP) is 3.96. The van der Waals surface area contributed by atoms with E-state index < -0.39 is 59.9 Å². The van der Waals surface area contributed by atoms with E-state index in [9.17, 15) is 28.8 Å². The number of anilines is 2. The van der Waals surface area contributed by atoms with E-state index in [1.807, 2.05) is 60.7 Å². The largest absolute Gasteiger partial charge is 0.497 e. The minimum absolute atomic E-state index is 0.0429. The Balaban J connectivity index is 1.29. The van der Waals surface area contributed by atoms with Gasteiger partial charge in [0, 0.05) is 38.3 Å². The van der Waals surface area contributed by atoms with E-state index in [0.717, 1.165) is 20.5 Å². The number of hydrogen-bond donors (Lipinski definition) is 2. The van der Waals surface area contributed by atoms with Crippen LogP contribution in [0.1, 0.15) is 11.1 Å². The SMILES string of the molecule is COc1ccc(N(C)C(=O)C(Cc2ccccc2)NC(=O)Cn2c(=O)c3ccccc3c(=O)n2CC(=O)N[C@@H](Cc2ccccc2)C(=O)N(C)c2ccc(OC)cc2)cc1. The fourth-order valence-corrected chi connectivity index (χ4v) is 6.85. The molecule has 1 unspecified atom stereocenters. The molecule has 0 fully saturated rings. The Labute approximate surface area is 346 Å². The van der Waals surface area contributed by atoms with Gasteiger partial charge in [0.2, 0.25) is 23.6 Å². The van der Waals surface area contributed by atoms with Crippen LogP contribution >= 0.6 is 0 Å². The highest BCUT2D eigenvalue weighted by atomic mass is 16.5. The molecule has 0 saturated heterocycles. The number of methoxy groups -OCH3 is 2. The number of rotatable bonds is 16. The molecule has 2 atom stereocenters. The van der Waals surface area contributed by atoms with Gasteiger partial charge in [0.25, 0.3) is 11.1 Å². The van der Waals surface area contributed by atoms with E-state index >= 15 is 0 Å². The van der Waals surface area contributed by atoms with Gasteiger partial charge in [0.1, 0.15) is 36.7 Å². The number of carbonyl (C=O) groups excluding carboxylic acids is 4. The third-order valence-corrected chi connectivity index (χ3v) is 10.1. The molecule has 0 radical (unpaired) electrons. The number of aromatic nitrogens is 2. The van der Waals surface area contributed by atoms with Gasteiger partial charge in [-0.25, -0.2) is 9.36 Å². The zero-order valence-electron chi connectivity index (χ0n) is 33.7. The fourth-order valence-electron chi connectivity index (χ4n) is 6.85. The predicted molar refractivity (Wildman–Crippen MR) is 229 cm³/mol. The number of amides is 4. The van der Waals surface area contributed by atoms with Crippen molar-refractivity contribution in [3.05, 3.63) is 165 Å². The number of fused-ring (bicyclic) bond motifs is 1. The Morgan fingerprint density at radius 2 is 0.850 bits per heavy atom. The van der Waals surface area contributed by atoms with Crippen molar-refractivity contribution in [3.63, 3.8) is 0 Å². The van der Waals surface area contributed by atoms with Crippen molar-refractivity contribution in [1.82, 2.24) is 20.0 Å². The third-order valence-electron chi connectivity index (χ3n) is 10.1. The van der Waals surface area contributed by atoms with Crippen LogP contribution in [0.4, 0.5) is 11.4 Å². The third kappa shape index (κ3) is 9.96. The summed E-state index contributed by atoms with van der Waals surface area (Å²) in [6, 6.07) is 35.9. The zero-order valence-corrected chi connectivity index (χ0v) is 33.7. The van der Waals surface area contributed by atoms with Crippen molar-refractivity contribution < 1.29 is 28.7 Å². The monoisotopic (exact) mass is 810 g/mol. The second-order valence-corrected chi connectivity index (χ2v) is 14.1. The maximum atomic E-state index is 14.1. The van der Waals surface area contributed by atoms with Crippen LogP contribution < -0.4 is 41.0 Å². The van der Waals surface area contributed by atoms with Crippen LogP contribution in [0.3, 0.4) is 0 Å². The van der Waals surface area contributed by atoms with Crippen LogP contribution in [0.15, 0.2) is 143 Å². The molecule has 6 aromatic rings. The molecule has 2 N–H and O–H groups in total. The number of benzene rings is 5. The lowest BCUT2D eigenvalue weighted by Gasteiger charge is -2.26. The molecule has 0 spiro atoms. The van der Waals surface area contributed by atoms with Crippen LogP contribution in [-0.4, -0.2) is 73.4 Å². The smallest absolute Gasteiger partial charge is 0.273 e. The first-order chi connectivity index (χ1) is 29.0. The van der Waals surface area contributed by atoms with Crippen LogP contribution in [0.2, 0.25) is 0 Å². The molecule has 14 nitrogen and oxygen atoms in total. The molecule has 0 bridgehead atoms. The molecule has 308 valence electrons. The number of nitrogens with zero attached hydrogens (tertiary/aromatic N) is 4. The van der Waals surface area contributed by atoms with Gasteiger partial charge in [-0.05, 0) is 71.8 Å². The molecule has 1 aromatic heterocycles. The number of likely N-dealkylation sites (N-methyl/N-ethyl adjacent to an activating group) is 2. The van der Waals surface area contributed by atoms with Crippen molar-refractivity contribution in [2.45, 2.75) is 38.0 Å². The van der Waals surface area contributed by atoms with Gasteiger partial charge in [-0.15, -0.1) is 0 Å². The average Bonchev–Trinajstić information content (AvgIpc) is 3.28. The summed E-state index contributed by atoms with van der Waals surface area (Å²) in [5.74, 6) is -1.17. The maximum Gasteiger partial charge on any atom is 0.273 e. The molecule has 5 aromatic carbocycles. The summed E-state index contributed by atoms with van der Waals surface area (Å²) in [5.41, 5.74) is 1.24. The van der Waals surface area contributed by atoms with Gasteiger partial charge in [-0.1, -0.05) is 72.8 Å². The number of nitrogens with one attached hydrogen (secondary N) is 2. The van der Waals surface area contributed by atoms with E-state index in [0.29, 0.717) is 22.9 Å². The fraction of sp³-hybridized carbons (Fsp3) is 0.217. The lowest BCUT2D eigenvalue weighted by Crippen LogP contribution is -2.52. The summed E-state index contributed by atoms with van der Waals surface area (Å²) in [7, 11) is 6.25. The van der Waals surface area contributed by atoms with E-state index in [2.05, 4.69) is 10.6 Å². The molecular weight excluding hydrogens is 765 g/mol. The van der Waals surface area contributed by atoms with E-state index in [-0.39, 0.29) is 23.6 Å². The van der Waals surface area contributed by atoms with Crippen LogP contribution in [0, 0.1) is 0 Å². The maximum absolute atomic E-state index is 14.1. The molecule has 0 aliphatic carbocycles. The second-order valence-electron chi connectivity index (χ2n) is 14.1. The Morgan fingerprint density at radius 1 is 0.517 bits per heavy atom. The molecule has 0 saturated carbocycles. The lowest BCUT2D eigenvalue weighted by atomic mass is 10.0. The van der Waals surface area contributed by atoms with Crippen LogP contribution in [-0.2, 0) is 45.1 Å². The first kappa shape index (κ1) is 42.1. The van der Waals surface area contributed by atoms with Crippen molar-refractivity contribution >= 4 is 45.8 Å². The highest BCUT2D eigenvalue weighted by Gasteiger charge is 2.29. The zero-order chi connectivity index (χ0) is 42.8. The summed E-state index contributed by atoms with van der Waals surface area (Å²) in [6.45, 7) is -1.41. The van der Waals surface area contributed by atoms with Gasteiger partial charge in [0.15, 0.2) is 0 Å². The van der Waals surface area contributed by atoms with E-state index in [1.54, 1.807) is 74.8 Å². The topological polar surface area (TPSA) is 161 Å². The molecule has 14 heteroatoms. The minimum atomic E-state index is -1.08. The van der Waals surface area contributed by atoms with Gasteiger partial charge in [-0.3, -0.25) is 28.8 Å². The summed E-state index contributed by atoms with van der Waals surface area (Å²) >= 11 is 0. The highest BCUT2D eigenvalue weighted by molar-refractivity contribution is 6.00. The molecule has 0 aliphatic heterocycles. The van der Waals surface area contributed by atoms with Gasteiger partial charge in [-0.2, -0.15) is 0 Å². The number of hydrogen-bond acceptors (Lipinski definition) is 8. The minimum Gasteiger partial charge on any atom is -0.497 e. The van der Waals surface area contributed by atoms with Gasteiger partial charge >= 0.3 is 0 Å². The molecule has 60 heavy (non-hydrogen) atoms. The van der Waals surface area contributed by atoms with Crippen molar-refractivity contribution in [3.8, 4) is 11.5 Å². The Hall–Kier alpha value is -7.48. The lowest BCUT2D eigenvalue weighted by molar-refractivity contribution is -0.129. The van der Waals surface area contributed by atoms with Crippen molar-refractivity contribution in [2.75, 3.05) is 38.1 Å². The second kappa shape index (κ2) is 19.3. The summed E-state index contributed by atoms with van der Waals surface area (Å²) in [5, 5.41) is 5.65. The molecule has 6 rings (SSSR count). The van der Waals surface area contributed by atoms with Crippen molar-refractivity contribution in [1.29, 1.82) is 0 Å². The van der Waals surface area contributed by atoms with Gasteiger partial charge in [0.05, 0.1) is 25.0 Å². The normalized spacial score (nSPS) is 11.9. The van der Waals surface area contributed by atoms with Crippen LogP contribution in [0.5, 0.6) is 11.5 Å². The Morgan fingerprint density at radius 3 is 1.18 bits per heavy atom. The summed E-state index contributed by atoms with van der Waals surface area (Å²) in [4.78, 5) is 87.0. The molecule has 0 aliphatic rings. The van der Waals surface area contributed by atoms with Crippen molar-refractivity contribution in [2.24, 2.45) is 0 Å². The Kier molecular flexibility index (Phi) is 13.6. The molecule has 1 heterocycles. The summed E-state index contributed by atoms with van der Waals surface area (Å²) < 4.78 is 12.3. The van der Waals surface area contributed by atoms with E-state index in [1.165, 1.54) is 36.2 Å². The summed E-state index contributed by atoms with van der Waals surface area (Å²) in [6.07, 6.45) is 0.241. The van der Waals surface area contributed by atoms with Crippen LogP contribution in [0.25, 0.3) is 10.8 Å².